The predicted octanol–water partition coefficient (Wildman–Crippen LogP) is 1.23. The van der Waals surface area contributed by atoms with Crippen molar-refractivity contribution in [2.24, 2.45) is 5.73 Å². The molecule has 0 radical (unpaired) electrons. The summed E-state index contributed by atoms with van der Waals surface area (Å²) in [7, 11) is 0. The van der Waals surface area contributed by atoms with Crippen molar-refractivity contribution in [3.8, 4) is 0 Å². The second kappa shape index (κ2) is 5.93. The van der Waals surface area contributed by atoms with Crippen molar-refractivity contribution < 1.29 is 9.53 Å². The number of carbonyl (C=O) groups excluding carboxylic acids is 1. The molecule has 1 unspecified atom stereocenters. The summed E-state index contributed by atoms with van der Waals surface area (Å²) in [5.74, 6) is -0.0972. The zero-order valence-electron chi connectivity index (χ0n) is 10.0. The van der Waals surface area contributed by atoms with Crippen molar-refractivity contribution in [2.75, 3.05) is 13.2 Å². The molecule has 18 heavy (non-hydrogen) atoms. The molecule has 0 aromatic heterocycles. The Hall–Kier alpha value is -1.46. The van der Waals surface area contributed by atoms with Crippen molar-refractivity contribution in [2.45, 2.75) is 18.9 Å². The molecule has 0 aliphatic carbocycles. The molecular formula is C13H16N2O2S. The number of benzene rings is 1. The first-order valence-corrected chi connectivity index (χ1v) is 6.37. The lowest BCUT2D eigenvalue weighted by Gasteiger charge is -2.10. The summed E-state index contributed by atoms with van der Waals surface area (Å²) < 4.78 is 5.44. The second-order valence-electron chi connectivity index (χ2n) is 4.29. The van der Waals surface area contributed by atoms with E-state index in [4.69, 9.17) is 22.7 Å². The van der Waals surface area contributed by atoms with E-state index in [1.165, 1.54) is 0 Å². The van der Waals surface area contributed by atoms with Crippen LogP contribution in [0.3, 0.4) is 0 Å². The lowest BCUT2D eigenvalue weighted by atomic mass is 10.1. The zero-order chi connectivity index (χ0) is 13.0. The summed E-state index contributed by atoms with van der Waals surface area (Å²) in [5.41, 5.74) is 6.86. The van der Waals surface area contributed by atoms with Crippen LogP contribution in [0.5, 0.6) is 0 Å². The van der Waals surface area contributed by atoms with Crippen LogP contribution in [0, 0.1) is 0 Å². The number of hydrogen-bond donors (Lipinski definition) is 2. The van der Waals surface area contributed by atoms with Gasteiger partial charge in [0.1, 0.15) is 4.99 Å². The highest BCUT2D eigenvalue weighted by molar-refractivity contribution is 7.80. The van der Waals surface area contributed by atoms with Gasteiger partial charge in [-0.05, 0) is 25.0 Å². The molecular weight excluding hydrogens is 248 g/mol. The third-order valence-electron chi connectivity index (χ3n) is 2.95. The quantitative estimate of drug-likeness (QED) is 0.803. The average Bonchev–Trinajstić information content (AvgIpc) is 2.89. The van der Waals surface area contributed by atoms with E-state index in [-0.39, 0.29) is 12.0 Å². The Bertz CT molecular complexity index is 439. The molecule has 1 fully saturated rings. The molecule has 1 aromatic carbocycles. The Morgan fingerprint density at radius 1 is 1.39 bits per heavy atom. The summed E-state index contributed by atoms with van der Waals surface area (Å²) in [6.07, 6.45) is 2.24. The van der Waals surface area contributed by atoms with Crippen LogP contribution in [0.2, 0.25) is 0 Å². The van der Waals surface area contributed by atoms with E-state index in [0.717, 1.165) is 25.0 Å². The highest BCUT2D eigenvalue weighted by atomic mass is 32.1. The highest BCUT2D eigenvalue weighted by Gasteiger charge is 2.16. The van der Waals surface area contributed by atoms with E-state index >= 15 is 0 Å². The first kappa shape index (κ1) is 13.0. The molecule has 0 bridgehead atoms. The monoisotopic (exact) mass is 264 g/mol. The summed E-state index contributed by atoms with van der Waals surface area (Å²) in [6.45, 7) is 1.36. The van der Waals surface area contributed by atoms with Crippen LogP contribution < -0.4 is 11.1 Å². The first-order valence-electron chi connectivity index (χ1n) is 5.96. The van der Waals surface area contributed by atoms with Gasteiger partial charge in [0.15, 0.2) is 0 Å². The minimum atomic E-state index is -0.0972. The SMILES string of the molecule is NC(=S)c1ccc(C(=O)NCC2CCCO2)cc1. The second-order valence-corrected chi connectivity index (χ2v) is 4.73. The van der Waals surface area contributed by atoms with Crippen LogP contribution in [-0.4, -0.2) is 30.2 Å². The van der Waals surface area contributed by atoms with Crippen molar-refractivity contribution in [1.29, 1.82) is 0 Å². The highest BCUT2D eigenvalue weighted by Crippen LogP contribution is 2.11. The van der Waals surface area contributed by atoms with E-state index in [0.29, 0.717) is 17.1 Å². The Morgan fingerprint density at radius 2 is 2.06 bits per heavy atom. The minimum Gasteiger partial charge on any atom is -0.389 e. The van der Waals surface area contributed by atoms with Crippen molar-refractivity contribution in [3.05, 3.63) is 35.4 Å². The Kier molecular flexibility index (Phi) is 4.28. The first-order chi connectivity index (χ1) is 8.66. The lowest BCUT2D eigenvalue weighted by Crippen LogP contribution is -2.31. The maximum Gasteiger partial charge on any atom is 0.251 e. The Balaban J connectivity index is 1.89. The fourth-order valence-electron chi connectivity index (χ4n) is 1.90. The van der Waals surface area contributed by atoms with Gasteiger partial charge in [-0.15, -0.1) is 0 Å². The van der Waals surface area contributed by atoms with Gasteiger partial charge in [-0.3, -0.25) is 4.79 Å². The number of amides is 1. The van der Waals surface area contributed by atoms with E-state index in [1.807, 2.05) is 0 Å². The largest absolute Gasteiger partial charge is 0.389 e. The Labute approximate surface area is 112 Å². The van der Waals surface area contributed by atoms with E-state index in [2.05, 4.69) is 5.32 Å². The lowest BCUT2D eigenvalue weighted by molar-refractivity contribution is 0.0858. The number of rotatable bonds is 4. The summed E-state index contributed by atoms with van der Waals surface area (Å²) in [4.78, 5) is 12.2. The molecule has 0 saturated carbocycles. The third-order valence-corrected chi connectivity index (χ3v) is 3.18. The van der Waals surface area contributed by atoms with Crippen LogP contribution >= 0.6 is 12.2 Å². The van der Waals surface area contributed by atoms with Gasteiger partial charge in [-0.25, -0.2) is 0 Å². The maximum absolute atomic E-state index is 11.9. The number of thiocarbonyl (C=S) groups is 1. The minimum absolute atomic E-state index is 0.0972. The van der Waals surface area contributed by atoms with Gasteiger partial charge in [0.05, 0.1) is 6.10 Å². The number of carbonyl (C=O) groups is 1. The molecule has 96 valence electrons. The predicted molar refractivity (Wildman–Crippen MR) is 73.6 cm³/mol. The number of ether oxygens (including phenoxy) is 1. The van der Waals surface area contributed by atoms with Crippen molar-refractivity contribution >= 4 is 23.1 Å². The molecule has 1 heterocycles. The van der Waals surface area contributed by atoms with E-state index < -0.39 is 0 Å². The molecule has 1 atom stereocenters. The van der Waals surface area contributed by atoms with Gasteiger partial charge >= 0.3 is 0 Å². The third kappa shape index (κ3) is 3.27. The normalized spacial score (nSPS) is 18.6. The molecule has 4 nitrogen and oxygen atoms in total. The van der Waals surface area contributed by atoms with Crippen molar-refractivity contribution in [1.82, 2.24) is 5.32 Å². The van der Waals surface area contributed by atoms with Gasteiger partial charge in [-0.1, -0.05) is 24.4 Å². The summed E-state index contributed by atoms with van der Waals surface area (Å²) in [5, 5.41) is 2.86. The standard InChI is InChI=1S/C13H16N2O2S/c14-12(18)9-3-5-10(6-4-9)13(16)15-8-11-2-1-7-17-11/h3-6,11H,1-2,7-8H2,(H2,14,18)(H,15,16). The van der Waals surface area contributed by atoms with Crippen LogP contribution in [0.25, 0.3) is 0 Å². The molecule has 1 aromatic rings. The summed E-state index contributed by atoms with van der Waals surface area (Å²) in [6, 6.07) is 6.95. The van der Waals surface area contributed by atoms with Crippen molar-refractivity contribution in [3.63, 3.8) is 0 Å². The fraction of sp³-hybridized carbons (Fsp3) is 0.385. The Morgan fingerprint density at radius 3 is 2.61 bits per heavy atom. The van der Waals surface area contributed by atoms with E-state index in [9.17, 15) is 4.79 Å². The molecule has 1 amide bonds. The molecule has 0 spiro atoms. The molecule has 3 N–H and O–H groups in total. The van der Waals surface area contributed by atoms with Crippen LogP contribution in [0.15, 0.2) is 24.3 Å². The molecule has 1 saturated heterocycles. The topological polar surface area (TPSA) is 64.4 Å². The number of nitrogens with one attached hydrogen (secondary N) is 1. The van der Waals surface area contributed by atoms with Crippen LogP contribution in [0.4, 0.5) is 0 Å². The fourth-order valence-corrected chi connectivity index (χ4v) is 2.04. The zero-order valence-corrected chi connectivity index (χ0v) is 10.8. The van der Waals surface area contributed by atoms with Gasteiger partial charge in [0, 0.05) is 24.3 Å². The number of hydrogen-bond acceptors (Lipinski definition) is 3. The molecule has 5 heteroatoms. The van der Waals surface area contributed by atoms with Crippen LogP contribution in [-0.2, 0) is 4.74 Å². The maximum atomic E-state index is 11.9. The molecule has 1 aliphatic heterocycles. The average molecular weight is 264 g/mol. The van der Waals surface area contributed by atoms with Gasteiger partial charge in [-0.2, -0.15) is 0 Å². The number of nitrogens with two attached hydrogens (primary N) is 1. The van der Waals surface area contributed by atoms with Gasteiger partial charge < -0.3 is 15.8 Å². The summed E-state index contributed by atoms with van der Waals surface area (Å²) >= 11 is 4.86. The smallest absolute Gasteiger partial charge is 0.251 e. The van der Waals surface area contributed by atoms with Gasteiger partial charge in [0.2, 0.25) is 0 Å². The molecule has 2 rings (SSSR count). The van der Waals surface area contributed by atoms with Gasteiger partial charge in [0.25, 0.3) is 5.91 Å². The van der Waals surface area contributed by atoms with Crippen LogP contribution in [0.1, 0.15) is 28.8 Å². The molecule has 1 aliphatic rings. The van der Waals surface area contributed by atoms with E-state index in [1.54, 1.807) is 24.3 Å².